The highest BCUT2D eigenvalue weighted by atomic mass is 16.4. The van der Waals surface area contributed by atoms with Crippen LogP contribution in [0, 0.1) is 0 Å². The van der Waals surface area contributed by atoms with Crippen molar-refractivity contribution in [3.63, 3.8) is 0 Å². The van der Waals surface area contributed by atoms with Crippen LogP contribution in [-0.4, -0.2) is 22.6 Å². The predicted molar refractivity (Wildman–Crippen MR) is 86.8 cm³/mol. The van der Waals surface area contributed by atoms with Crippen LogP contribution in [0.1, 0.15) is 35.4 Å². The lowest BCUT2D eigenvalue weighted by Crippen LogP contribution is -2.12. The zero-order chi connectivity index (χ0) is 15.8. The first-order valence-corrected chi connectivity index (χ1v) is 7.61. The Labute approximate surface area is 131 Å². The van der Waals surface area contributed by atoms with Gasteiger partial charge in [-0.3, -0.25) is 9.78 Å². The molecule has 0 fully saturated rings. The lowest BCUT2D eigenvalue weighted by molar-refractivity contribution is -0.139. The van der Waals surface area contributed by atoms with Crippen molar-refractivity contribution in [1.82, 2.24) is 4.98 Å². The number of aromatic nitrogens is 1. The van der Waals surface area contributed by atoms with E-state index < -0.39 is 11.9 Å². The minimum atomic E-state index is -0.766. The van der Waals surface area contributed by atoms with E-state index >= 15 is 0 Å². The van der Waals surface area contributed by atoms with E-state index in [0.717, 1.165) is 36.0 Å². The summed E-state index contributed by atoms with van der Waals surface area (Å²) in [5, 5.41) is 9.46. The number of carboxylic acids is 1. The topological polar surface area (TPSA) is 76.2 Å². The highest BCUT2D eigenvalue weighted by Crippen LogP contribution is 2.23. The lowest BCUT2D eigenvalue weighted by atomic mass is 9.92. The number of nitrogens with two attached hydrogens (primary N) is 1. The zero-order valence-corrected chi connectivity index (χ0v) is 12.6. The maximum Gasteiger partial charge on any atom is 0.310 e. The largest absolute Gasteiger partial charge is 0.481 e. The molecule has 22 heavy (non-hydrogen) atoms. The third-order valence-corrected chi connectivity index (χ3v) is 3.79. The normalized spacial score (nSPS) is 12.0. The van der Waals surface area contributed by atoms with E-state index in [1.807, 2.05) is 42.6 Å². The number of rotatable bonds is 8. The summed E-state index contributed by atoms with van der Waals surface area (Å²) in [6, 6.07) is 11.7. The van der Waals surface area contributed by atoms with Crippen LogP contribution in [-0.2, 0) is 17.6 Å². The molecule has 0 radical (unpaired) electrons. The van der Waals surface area contributed by atoms with E-state index in [2.05, 4.69) is 4.98 Å². The summed E-state index contributed by atoms with van der Waals surface area (Å²) in [5.74, 6) is -1.22. The van der Waals surface area contributed by atoms with Gasteiger partial charge in [-0.1, -0.05) is 30.3 Å². The number of carbonyl (C=O) groups is 1. The quantitative estimate of drug-likeness (QED) is 0.785. The van der Waals surface area contributed by atoms with Gasteiger partial charge in [-0.05, 0) is 55.0 Å². The Hall–Kier alpha value is -2.20. The van der Waals surface area contributed by atoms with E-state index in [1.54, 1.807) is 6.20 Å². The summed E-state index contributed by atoms with van der Waals surface area (Å²) in [7, 11) is 0. The standard InChI is InChI=1S/C18H22N2O2/c19-11-10-14-6-8-16(9-7-14)17(18(21)22)5-1-3-15-4-2-12-20-13-15/h2,4,6-9,12-13,17H,1,3,5,10-11,19H2,(H,21,22). The maximum absolute atomic E-state index is 11.5. The molecule has 1 atom stereocenters. The summed E-state index contributed by atoms with van der Waals surface area (Å²) in [6.45, 7) is 0.604. The second-order valence-corrected chi connectivity index (χ2v) is 5.42. The molecule has 1 unspecified atom stereocenters. The molecule has 1 aromatic heterocycles. The summed E-state index contributed by atoms with van der Waals surface area (Å²) in [6.07, 6.45) is 6.69. The highest BCUT2D eigenvalue weighted by Gasteiger charge is 2.19. The Morgan fingerprint density at radius 2 is 1.91 bits per heavy atom. The number of pyridine rings is 1. The number of carboxylic acid groups (broad SMARTS) is 1. The minimum absolute atomic E-state index is 0.455. The molecule has 116 valence electrons. The van der Waals surface area contributed by atoms with E-state index in [4.69, 9.17) is 5.73 Å². The molecule has 4 heteroatoms. The number of aryl methyl sites for hydroxylation is 1. The van der Waals surface area contributed by atoms with Gasteiger partial charge in [-0.2, -0.15) is 0 Å². The van der Waals surface area contributed by atoms with Crippen molar-refractivity contribution in [2.45, 2.75) is 31.6 Å². The molecule has 0 aliphatic rings. The minimum Gasteiger partial charge on any atom is -0.481 e. The molecular weight excluding hydrogens is 276 g/mol. The van der Waals surface area contributed by atoms with Gasteiger partial charge in [-0.15, -0.1) is 0 Å². The van der Waals surface area contributed by atoms with Crippen molar-refractivity contribution in [2.75, 3.05) is 6.54 Å². The first-order chi connectivity index (χ1) is 10.7. The first kappa shape index (κ1) is 16.2. The van der Waals surface area contributed by atoms with Crippen molar-refractivity contribution in [3.05, 3.63) is 65.5 Å². The van der Waals surface area contributed by atoms with Crippen LogP contribution in [0.3, 0.4) is 0 Å². The van der Waals surface area contributed by atoms with Crippen LogP contribution in [0.25, 0.3) is 0 Å². The molecule has 0 saturated carbocycles. The fraction of sp³-hybridized carbons (Fsp3) is 0.333. The molecule has 1 heterocycles. The van der Waals surface area contributed by atoms with Gasteiger partial charge in [0.05, 0.1) is 5.92 Å². The second-order valence-electron chi connectivity index (χ2n) is 5.42. The second kappa shape index (κ2) is 8.29. The van der Waals surface area contributed by atoms with E-state index in [-0.39, 0.29) is 0 Å². The van der Waals surface area contributed by atoms with Crippen molar-refractivity contribution in [3.8, 4) is 0 Å². The van der Waals surface area contributed by atoms with Crippen LogP contribution in [0.15, 0.2) is 48.8 Å². The van der Waals surface area contributed by atoms with E-state index in [1.165, 1.54) is 0 Å². The van der Waals surface area contributed by atoms with Crippen LogP contribution >= 0.6 is 0 Å². The molecule has 4 nitrogen and oxygen atoms in total. The average molecular weight is 298 g/mol. The van der Waals surface area contributed by atoms with Gasteiger partial charge in [0.1, 0.15) is 0 Å². The Bertz CT molecular complexity index is 582. The van der Waals surface area contributed by atoms with Crippen LogP contribution in [0.5, 0.6) is 0 Å². The molecular formula is C18H22N2O2. The number of hydrogen-bond acceptors (Lipinski definition) is 3. The Morgan fingerprint density at radius 1 is 1.14 bits per heavy atom. The number of benzene rings is 1. The summed E-state index contributed by atoms with van der Waals surface area (Å²) in [4.78, 5) is 15.6. The molecule has 3 N–H and O–H groups in total. The molecule has 2 rings (SSSR count). The molecule has 2 aromatic rings. The highest BCUT2D eigenvalue weighted by molar-refractivity contribution is 5.76. The van der Waals surface area contributed by atoms with Crippen molar-refractivity contribution < 1.29 is 9.90 Å². The molecule has 0 aliphatic heterocycles. The van der Waals surface area contributed by atoms with Gasteiger partial charge in [0.25, 0.3) is 0 Å². The Morgan fingerprint density at radius 3 is 2.50 bits per heavy atom. The van der Waals surface area contributed by atoms with Gasteiger partial charge in [0.2, 0.25) is 0 Å². The zero-order valence-electron chi connectivity index (χ0n) is 12.6. The monoisotopic (exact) mass is 298 g/mol. The summed E-state index contributed by atoms with van der Waals surface area (Å²) < 4.78 is 0. The van der Waals surface area contributed by atoms with Gasteiger partial charge < -0.3 is 10.8 Å². The van der Waals surface area contributed by atoms with Crippen molar-refractivity contribution >= 4 is 5.97 Å². The summed E-state index contributed by atoms with van der Waals surface area (Å²) >= 11 is 0. The molecule has 0 spiro atoms. The van der Waals surface area contributed by atoms with Crippen molar-refractivity contribution in [2.24, 2.45) is 5.73 Å². The Kier molecular flexibility index (Phi) is 6.10. The smallest absolute Gasteiger partial charge is 0.310 e. The average Bonchev–Trinajstić information content (AvgIpc) is 2.54. The van der Waals surface area contributed by atoms with Gasteiger partial charge in [0.15, 0.2) is 0 Å². The summed E-state index contributed by atoms with van der Waals surface area (Å²) in [5.41, 5.74) is 8.68. The van der Waals surface area contributed by atoms with Crippen molar-refractivity contribution in [1.29, 1.82) is 0 Å². The van der Waals surface area contributed by atoms with Gasteiger partial charge in [0, 0.05) is 12.4 Å². The van der Waals surface area contributed by atoms with Crippen LogP contribution < -0.4 is 5.73 Å². The number of hydrogen-bond donors (Lipinski definition) is 2. The van der Waals surface area contributed by atoms with Crippen LogP contribution in [0.4, 0.5) is 0 Å². The molecule has 1 aromatic carbocycles. The molecule has 0 aliphatic carbocycles. The van der Waals surface area contributed by atoms with Crippen LogP contribution in [0.2, 0.25) is 0 Å². The van der Waals surface area contributed by atoms with E-state index in [9.17, 15) is 9.90 Å². The fourth-order valence-electron chi connectivity index (χ4n) is 2.57. The van der Waals surface area contributed by atoms with Gasteiger partial charge in [-0.25, -0.2) is 0 Å². The molecule has 0 saturated heterocycles. The van der Waals surface area contributed by atoms with Gasteiger partial charge >= 0.3 is 5.97 Å². The number of aliphatic carboxylic acids is 1. The predicted octanol–water partition coefficient (Wildman–Crippen LogP) is 2.77. The van der Waals surface area contributed by atoms with E-state index in [0.29, 0.717) is 13.0 Å². The molecule has 0 amide bonds. The fourth-order valence-corrected chi connectivity index (χ4v) is 2.57. The lowest BCUT2D eigenvalue weighted by Gasteiger charge is -2.13. The SMILES string of the molecule is NCCc1ccc(C(CCCc2cccnc2)C(=O)O)cc1. The Balaban J connectivity index is 1.96. The maximum atomic E-state index is 11.5. The molecule has 0 bridgehead atoms. The third-order valence-electron chi connectivity index (χ3n) is 3.79. The first-order valence-electron chi connectivity index (χ1n) is 7.61. The third kappa shape index (κ3) is 4.67. The number of nitrogens with zero attached hydrogens (tertiary/aromatic N) is 1.